The predicted octanol–water partition coefficient (Wildman–Crippen LogP) is 8.50. The summed E-state index contributed by atoms with van der Waals surface area (Å²) in [6.07, 6.45) is 0.550. The third-order valence-corrected chi connectivity index (χ3v) is 8.56. The molecule has 4 nitrogen and oxygen atoms in total. The second kappa shape index (κ2) is 10.9. The van der Waals surface area contributed by atoms with E-state index in [1.165, 1.54) is 0 Å². The summed E-state index contributed by atoms with van der Waals surface area (Å²) in [5, 5.41) is 7.37. The fourth-order valence-electron chi connectivity index (χ4n) is 6.46. The lowest BCUT2D eigenvalue weighted by Gasteiger charge is -2.45. The van der Waals surface area contributed by atoms with Crippen molar-refractivity contribution in [2.24, 2.45) is 15.5 Å². The molecule has 1 spiro atoms. The number of para-hydroxylation sites is 1. The van der Waals surface area contributed by atoms with Crippen LogP contribution in [0.4, 0.5) is 5.69 Å². The molecule has 5 aromatic carbocycles. The van der Waals surface area contributed by atoms with Gasteiger partial charge in [-0.15, -0.1) is 0 Å². The van der Waals surface area contributed by atoms with Crippen molar-refractivity contribution in [1.82, 2.24) is 0 Å². The smallest absolute Gasteiger partial charge is 0.262 e. The van der Waals surface area contributed by atoms with Crippen molar-refractivity contribution in [2.45, 2.75) is 18.4 Å². The first-order valence-electron chi connectivity index (χ1n) is 14.1. The Bertz CT molecular complexity index is 1790. The molecule has 0 saturated carbocycles. The standard InChI is InChI=1S/C37H28ClN3O/c38-30-21-13-20-29(24-30)32-25-33(26-14-5-1-6-15-26)39-34(27-16-7-2-8-17-27)37(32)35(28-18-9-3-10-19-28)40-41(36(37)42)31-22-11-4-12-23-31/h1-24,32,34H,25H2/t32-,34+,37+/m0/s1. The number of rotatable bonds is 5. The Morgan fingerprint density at radius 3 is 1.88 bits per heavy atom. The molecule has 204 valence electrons. The molecule has 1 amide bonds. The van der Waals surface area contributed by atoms with E-state index in [0.717, 1.165) is 33.7 Å². The minimum Gasteiger partial charge on any atom is -0.279 e. The highest BCUT2D eigenvalue weighted by molar-refractivity contribution is 6.31. The molecular formula is C37H28ClN3O. The maximum Gasteiger partial charge on any atom is 0.262 e. The highest BCUT2D eigenvalue weighted by Crippen LogP contribution is 2.58. The highest BCUT2D eigenvalue weighted by Gasteiger charge is 2.63. The molecule has 5 heteroatoms. The van der Waals surface area contributed by atoms with E-state index in [4.69, 9.17) is 21.7 Å². The number of hydrazone groups is 1. The Kier molecular flexibility index (Phi) is 6.77. The van der Waals surface area contributed by atoms with Crippen LogP contribution in [0.1, 0.15) is 40.6 Å². The van der Waals surface area contributed by atoms with E-state index < -0.39 is 11.5 Å². The zero-order chi connectivity index (χ0) is 28.5. The van der Waals surface area contributed by atoms with E-state index in [9.17, 15) is 0 Å². The molecule has 0 fully saturated rings. The average Bonchev–Trinajstić information content (AvgIpc) is 3.35. The van der Waals surface area contributed by atoms with Gasteiger partial charge in [0.2, 0.25) is 0 Å². The lowest BCUT2D eigenvalue weighted by molar-refractivity contribution is -0.126. The van der Waals surface area contributed by atoms with Crippen LogP contribution in [-0.4, -0.2) is 17.3 Å². The van der Waals surface area contributed by atoms with Gasteiger partial charge in [0.15, 0.2) is 0 Å². The van der Waals surface area contributed by atoms with Crippen LogP contribution in [0.15, 0.2) is 156 Å². The molecule has 42 heavy (non-hydrogen) atoms. The molecular weight excluding hydrogens is 538 g/mol. The average molecular weight is 566 g/mol. The van der Waals surface area contributed by atoms with Gasteiger partial charge in [-0.1, -0.05) is 133 Å². The fourth-order valence-corrected chi connectivity index (χ4v) is 6.66. The maximum absolute atomic E-state index is 15.3. The second-order valence-corrected chi connectivity index (χ2v) is 11.1. The van der Waals surface area contributed by atoms with Gasteiger partial charge in [0.1, 0.15) is 5.41 Å². The molecule has 2 aliphatic heterocycles. The van der Waals surface area contributed by atoms with E-state index >= 15 is 4.79 Å². The lowest BCUT2D eigenvalue weighted by atomic mass is 9.58. The maximum atomic E-state index is 15.3. The van der Waals surface area contributed by atoms with Gasteiger partial charge in [-0.25, -0.2) is 0 Å². The molecule has 0 unspecified atom stereocenters. The van der Waals surface area contributed by atoms with Crippen molar-refractivity contribution in [3.05, 3.63) is 173 Å². The number of carbonyl (C=O) groups is 1. The van der Waals surface area contributed by atoms with Crippen LogP contribution in [0.2, 0.25) is 5.02 Å². The number of hydrogen-bond acceptors (Lipinski definition) is 3. The van der Waals surface area contributed by atoms with Gasteiger partial charge in [-0.2, -0.15) is 10.1 Å². The summed E-state index contributed by atoms with van der Waals surface area (Å²) in [5.41, 5.74) is 5.15. The number of aliphatic imine (C=N–C) groups is 1. The number of hydrogen-bond donors (Lipinski definition) is 0. The van der Waals surface area contributed by atoms with E-state index in [2.05, 4.69) is 30.3 Å². The molecule has 5 aromatic rings. The van der Waals surface area contributed by atoms with Crippen molar-refractivity contribution < 1.29 is 4.79 Å². The number of nitrogens with zero attached hydrogens (tertiary/aromatic N) is 3. The molecule has 0 aliphatic carbocycles. The first-order chi connectivity index (χ1) is 20.7. The summed E-state index contributed by atoms with van der Waals surface area (Å²) in [5.74, 6) is -0.392. The van der Waals surface area contributed by atoms with E-state index in [1.54, 1.807) is 5.01 Å². The summed E-state index contributed by atoms with van der Waals surface area (Å²) >= 11 is 6.62. The molecule has 0 saturated heterocycles. The molecule has 2 heterocycles. The summed E-state index contributed by atoms with van der Waals surface area (Å²) < 4.78 is 0. The monoisotopic (exact) mass is 565 g/mol. The Balaban J connectivity index is 1.56. The van der Waals surface area contributed by atoms with Gasteiger partial charge >= 0.3 is 0 Å². The van der Waals surface area contributed by atoms with Crippen LogP contribution in [0, 0.1) is 5.41 Å². The number of amides is 1. The van der Waals surface area contributed by atoms with Gasteiger partial charge in [0.25, 0.3) is 5.91 Å². The molecule has 0 bridgehead atoms. The van der Waals surface area contributed by atoms with E-state index in [0.29, 0.717) is 17.2 Å². The van der Waals surface area contributed by atoms with Gasteiger partial charge in [-0.05, 0) is 52.9 Å². The third kappa shape index (κ3) is 4.36. The molecule has 0 aromatic heterocycles. The molecule has 3 atom stereocenters. The topological polar surface area (TPSA) is 45.0 Å². The second-order valence-electron chi connectivity index (χ2n) is 10.7. The molecule has 2 aliphatic rings. The van der Waals surface area contributed by atoms with Gasteiger partial charge in [-0.3, -0.25) is 9.79 Å². The summed E-state index contributed by atoms with van der Waals surface area (Å²) in [6, 6.07) is 47.5. The quantitative estimate of drug-likeness (QED) is 0.211. The minimum atomic E-state index is -1.14. The van der Waals surface area contributed by atoms with Crippen LogP contribution in [-0.2, 0) is 4.79 Å². The fraction of sp³-hybridized carbons (Fsp3) is 0.108. The van der Waals surface area contributed by atoms with Crippen molar-refractivity contribution in [3.8, 4) is 0 Å². The SMILES string of the molecule is O=C1N(c2ccccc2)N=C(c2ccccc2)[C@@]12[C@@H](c1ccccc1)N=C(c1ccccc1)C[C@H]2c1cccc(Cl)c1. The number of benzene rings is 5. The summed E-state index contributed by atoms with van der Waals surface area (Å²) in [4.78, 5) is 20.7. The zero-order valence-electron chi connectivity index (χ0n) is 22.8. The normalized spacial score (nSPS) is 21.7. The Morgan fingerprint density at radius 1 is 0.667 bits per heavy atom. The zero-order valence-corrected chi connectivity index (χ0v) is 23.6. The largest absolute Gasteiger partial charge is 0.279 e. The van der Waals surface area contributed by atoms with Crippen LogP contribution in [0.3, 0.4) is 0 Å². The van der Waals surface area contributed by atoms with Crippen LogP contribution in [0.5, 0.6) is 0 Å². The first-order valence-corrected chi connectivity index (χ1v) is 14.5. The van der Waals surface area contributed by atoms with Crippen LogP contribution < -0.4 is 5.01 Å². The summed E-state index contributed by atoms with van der Waals surface area (Å²) in [6.45, 7) is 0. The molecule has 0 radical (unpaired) electrons. The third-order valence-electron chi connectivity index (χ3n) is 8.32. The van der Waals surface area contributed by atoms with Gasteiger partial charge in [0, 0.05) is 16.7 Å². The van der Waals surface area contributed by atoms with Crippen LogP contribution >= 0.6 is 11.6 Å². The van der Waals surface area contributed by atoms with Crippen LogP contribution in [0.25, 0.3) is 0 Å². The first kappa shape index (κ1) is 26.1. The van der Waals surface area contributed by atoms with Gasteiger partial charge in [0.05, 0.1) is 17.4 Å². The minimum absolute atomic E-state index is 0.0951. The highest BCUT2D eigenvalue weighted by atomic mass is 35.5. The molecule has 7 rings (SSSR count). The van der Waals surface area contributed by atoms with E-state index in [1.807, 2.05) is 115 Å². The van der Waals surface area contributed by atoms with Crippen molar-refractivity contribution in [1.29, 1.82) is 0 Å². The number of halogens is 1. The Hall–Kier alpha value is -4.80. The summed E-state index contributed by atoms with van der Waals surface area (Å²) in [7, 11) is 0. The van der Waals surface area contributed by atoms with Crippen molar-refractivity contribution in [3.63, 3.8) is 0 Å². The van der Waals surface area contributed by atoms with E-state index in [-0.39, 0.29) is 11.8 Å². The predicted molar refractivity (Wildman–Crippen MR) is 170 cm³/mol. The number of carbonyl (C=O) groups excluding carboxylic acids is 1. The van der Waals surface area contributed by atoms with Crippen molar-refractivity contribution >= 4 is 34.6 Å². The molecule has 0 N–H and O–H groups in total. The number of anilines is 1. The van der Waals surface area contributed by atoms with Crippen molar-refractivity contribution in [2.75, 3.05) is 5.01 Å². The lowest BCUT2D eigenvalue weighted by Crippen LogP contribution is -2.51. The Labute approximate surface area is 250 Å². The van der Waals surface area contributed by atoms with Gasteiger partial charge < -0.3 is 0 Å². The Morgan fingerprint density at radius 2 is 1.24 bits per heavy atom.